The van der Waals surface area contributed by atoms with Crippen LogP contribution in [-0.4, -0.2) is 58.1 Å². The Kier molecular flexibility index (Phi) is 2.55. The van der Waals surface area contributed by atoms with Crippen molar-refractivity contribution in [2.24, 2.45) is 5.92 Å². The van der Waals surface area contributed by atoms with Crippen molar-refractivity contribution in [1.82, 2.24) is 9.80 Å². The van der Waals surface area contributed by atoms with Crippen LogP contribution in [0.1, 0.15) is 32.1 Å². The Hall–Kier alpha value is -0.870. The zero-order valence-corrected chi connectivity index (χ0v) is 11.3. The molecule has 0 radical (unpaired) electrons. The van der Waals surface area contributed by atoms with Gasteiger partial charge in [0, 0.05) is 18.4 Å². The van der Waals surface area contributed by atoms with Gasteiger partial charge in [0.25, 0.3) is 0 Å². The first kappa shape index (κ1) is 11.9. The summed E-state index contributed by atoms with van der Waals surface area (Å²) in [5, 5.41) is 11.1. The van der Waals surface area contributed by atoms with E-state index in [0.717, 1.165) is 32.4 Å². The molecule has 3 fully saturated rings. The van der Waals surface area contributed by atoms with Gasteiger partial charge in [0.15, 0.2) is 0 Å². The minimum Gasteiger partial charge on any atom is -0.386 e. The minimum atomic E-state index is -0.666. The fraction of sp³-hybridized carbons (Fsp3) is 0.800. The van der Waals surface area contributed by atoms with Crippen molar-refractivity contribution < 1.29 is 9.90 Å². The van der Waals surface area contributed by atoms with Gasteiger partial charge in [-0.1, -0.05) is 12.2 Å². The van der Waals surface area contributed by atoms with Crippen LogP contribution < -0.4 is 0 Å². The molecule has 0 aliphatic carbocycles. The molecule has 4 aliphatic rings. The van der Waals surface area contributed by atoms with Crippen LogP contribution in [-0.2, 0) is 4.79 Å². The number of amides is 1. The second-order valence-corrected chi connectivity index (χ2v) is 6.64. The highest BCUT2D eigenvalue weighted by Crippen LogP contribution is 2.45. The van der Waals surface area contributed by atoms with Crippen LogP contribution in [0.5, 0.6) is 0 Å². The van der Waals surface area contributed by atoms with Crippen molar-refractivity contribution in [3.63, 3.8) is 0 Å². The molecule has 4 heteroatoms. The fourth-order valence-corrected chi connectivity index (χ4v) is 4.91. The molecule has 0 spiro atoms. The number of carbonyl (C=O) groups excluding carboxylic acids is 1. The highest BCUT2D eigenvalue weighted by molar-refractivity contribution is 5.80. The number of fused-ring (bicyclic) bond motifs is 2. The molecule has 1 amide bonds. The first-order valence-electron chi connectivity index (χ1n) is 7.62. The van der Waals surface area contributed by atoms with Crippen molar-refractivity contribution in [2.45, 2.75) is 49.8 Å². The summed E-state index contributed by atoms with van der Waals surface area (Å²) in [6, 6.07) is 0.499. The average molecular weight is 262 g/mol. The van der Waals surface area contributed by atoms with Crippen LogP contribution in [0.2, 0.25) is 0 Å². The van der Waals surface area contributed by atoms with Crippen molar-refractivity contribution in [1.29, 1.82) is 0 Å². The van der Waals surface area contributed by atoms with E-state index in [2.05, 4.69) is 11.0 Å². The number of aliphatic hydroxyl groups is 1. The molecule has 3 saturated heterocycles. The predicted octanol–water partition coefficient (Wildman–Crippen LogP) is 0.763. The van der Waals surface area contributed by atoms with Crippen LogP contribution in [0.4, 0.5) is 0 Å². The molecule has 19 heavy (non-hydrogen) atoms. The summed E-state index contributed by atoms with van der Waals surface area (Å²) in [6.45, 7) is 2.78. The van der Waals surface area contributed by atoms with Crippen molar-refractivity contribution in [3.05, 3.63) is 12.2 Å². The van der Waals surface area contributed by atoms with Crippen LogP contribution in [0.25, 0.3) is 0 Å². The van der Waals surface area contributed by atoms with Gasteiger partial charge in [0.05, 0.1) is 18.2 Å². The maximum Gasteiger partial charge on any atom is 0.226 e. The molecule has 4 heterocycles. The lowest BCUT2D eigenvalue weighted by molar-refractivity contribution is -0.180. The third-order valence-corrected chi connectivity index (χ3v) is 5.58. The number of carbonyl (C=O) groups is 1. The van der Waals surface area contributed by atoms with Gasteiger partial charge in [-0.3, -0.25) is 9.69 Å². The van der Waals surface area contributed by atoms with E-state index in [1.54, 1.807) is 0 Å². The van der Waals surface area contributed by atoms with E-state index in [1.807, 2.05) is 11.0 Å². The quantitative estimate of drug-likeness (QED) is 0.656. The van der Waals surface area contributed by atoms with Gasteiger partial charge in [-0.25, -0.2) is 0 Å². The molecule has 0 bridgehead atoms. The highest BCUT2D eigenvalue weighted by Gasteiger charge is 2.56. The minimum absolute atomic E-state index is 0.196. The van der Waals surface area contributed by atoms with Crippen LogP contribution in [0.3, 0.4) is 0 Å². The first-order chi connectivity index (χ1) is 9.19. The van der Waals surface area contributed by atoms with E-state index in [4.69, 9.17) is 0 Å². The molecular weight excluding hydrogens is 240 g/mol. The molecule has 4 atom stereocenters. The molecule has 0 saturated carbocycles. The molecule has 4 aliphatic heterocycles. The number of hydrogen-bond acceptors (Lipinski definition) is 3. The summed E-state index contributed by atoms with van der Waals surface area (Å²) in [4.78, 5) is 16.6. The summed E-state index contributed by atoms with van der Waals surface area (Å²) in [5.74, 6) is 0.621. The molecule has 0 unspecified atom stereocenters. The zero-order valence-electron chi connectivity index (χ0n) is 11.3. The molecule has 0 aromatic heterocycles. The van der Waals surface area contributed by atoms with Gasteiger partial charge in [-0.2, -0.15) is 0 Å². The monoisotopic (exact) mass is 262 g/mol. The van der Waals surface area contributed by atoms with Gasteiger partial charge >= 0.3 is 0 Å². The van der Waals surface area contributed by atoms with Gasteiger partial charge in [0.2, 0.25) is 5.91 Å². The van der Waals surface area contributed by atoms with E-state index in [1.165, 1.54) is 6.42 Å². The summed E-state index contributed by atoms with van der Waals surface area (Å²) in [5.41, 5.74) is -0.666. The topological polar surface area (TPSA) is 43.8 Å². The van der Waals surface area contributed by atoms with E-state index in [-0.39, 0.29) is 18.0 Å². The van der Waals surface area contributed by atoms with Crippen molar-refractivity contribution in [2.75, 3.05) is 19.6 Å². The van der Waals surface area contributed by atoms with Gasteiger partial charge in [0.1, 0.15) is 0 Å². The lowest BCUT2D eigenvalue weighted by Gasteiger charge is -2.61. The summed E-state index contributed by atoms with van der Waals surface area (Å²) >= 11 is 0. The Morgan fingerprint density at radius 1 is 1.32 bits per heavy atom. The Bertz CT molecular complexity index is 434. The Labute approximate surface area is 114 Å². The molecule has 4 nitrogen and oxygen atoms in total. The van der Waals surface area contributed by atoms with Gasteiger partial charge in [-0.05, 0) is 38.8 Å². The lowest BCUT2D eigenvalue weighted by Crippen LogP contribution is -2.73. The number of rotatable bonds is 0. The lowest BCUT2D eigenvalue weighted by atomic mass is 9.67. The SMILES string of the molecule is O=C1CC=C[C@@H]2[C@H]3CCCN4CCC[C@@](O)(CN12)[C@@H]34. The summed E-state index contributed by atoms with van der Waals surface area (Å²) in [6.07, 6.45) is 8.99. The van der Waals surface area contributed by atoms with Crippen LogP contribution in [0, 0.1) is 5.92 Å². The van der Waals surface area contributed by atoms with Gasteiger partial charge < -0.3 is 10.0 Å². The largest absolute Gasteiger partial charge is 0.386 e. The standard InChI is InChI=1S/C15H22N2O2/c18-13-6-1-5-12-11-4-2-8-16-9-3-7-15(19,14(11)16)10-17(12)13/h1,5,11-12,14,19H,2-4,6-10H2/t11-,12-,14-,15-/m1/s1. The number of hydrogen-bond donors (Lipinski definition) is 1. The van der Waals surface area contributed by atoms with Crippen molar-refractivity contribution >= 4 is 5.91 Å². The predicted molar refractivity (Wildman–Crippen MR) is 71.5 cm³/mol. The average Bonchev–Trinajstić information content (AvgIpc) is 2.40. The first-order valence-corrected chi connectivity index (χ1v) is 7.62. The van der Waals surface area contributed by atoms with Crippen LogP contribution >= 0.6 is 0 Å². The van der Waals surface area contributed by atoms with E-state index in [9.17, 15) is 9.90 Å². The molecule has 104 valence electrons. The molecular formula is C15H22N2O2. The van der Waals surface area contributed by atoms with Gasteiger partial charge in [-0.15, -0.1) is 0 Å². The van der Waals surface area contributed by atoms with E-state index < -0.39 is 5.60 Å². The summed E-state index contributed by atoms with van der Waals surface area (Å²) < 4.78 is 0. The second kappa shape index (κ2) is 4.06. The number of nitrogens with zero attached hydrogens (tertiary/aromatic N) is 2. The summed E-state index contributed by atoms with van der Waals surface area (Å²) in [7, 11) is 0. The molecule has 0 aromatic rings. The number of piperidine rings is 3. The normalized spacial score (nSPS) is 45.8. The van der Waals surface area contributed by atoms with E-state index in [0.29, 0.717) is 18.9 Å². The Balaban J connectivity index is 1.75. The third kappa shape index (κ3) is 1.62. The fourth-order valence-electron chi connectivity index (χ4n) is 4.91. The maximum absolute atomic E-state index is 12.2. The van der Waals surface area contributed by atoms with Crippen LogP contribution in [0.15, 0.2) is 12.2 Å². The third-order valence-electron chi connectivity index (χ3n) is 5.58. The molecule has 4 rings (SSSR count). The molecule has 1 N–H and O–H groups in total. The highest BCUT2D eigenvalue weighted by atomic mass is 16.3. The smallest absolute Gasteiger partial charge is 0.226 e. The zero-order chi connectivity index (χ0) is 13.0. The Morgan fingerprint density at radius 3 is 3.05 bits per heavy atom. The Morgan fingerprint density at radius 2 is 2.16 bits per heavy atom. The molecule has 0 aromatic carbocycles. The maximum atomic E-state index is 12.2. The van der Waals surface area contributed by atoms with E-state index >= 15 is 0 Å². The van der Waals surface area contributed by atoms with Crippen molar-refractivity contribution in [3.8, 4) is 0 Å². The second-order valence-electron chi connectivity index (χ2n) is 6.64.